The van der Waals surface area contributed by atoms with Crippen LogP contribution >= 0.6 is 0 Å². The maximum atomic E-state index is 10.7. The number of carboxylic acids is 1. The van der Waals surface area contributed by atoms with Crippen LogP contribution in [0.4, 0.5) is 0 Å². The van der Waals surface area contributed by atoms with E-state index < -0.39 is 12.0 Å². The van der Waals surface area contributed by atoms with Crippen molar-refractivity contribution in [2.45, 2.75) is 26.4 Å². The van der Waals surface area contributed by atoms with Crippen LogP contribution in [0.5, 0.6) is 0 Å². The highest BCUT2D eigenvalue weighted by molar-refractivity contribution is 5.72. The summed E-state index contributed by atoms with van der Waals surface area (Å²) in [6, 6.07) is -0.522. The third-order valence-corrected chi connectivity index (χ3v) is 2.26. The van der Waals surface area contributed by atoms with Crippen LogP contribution < -0.4 is 0 Å². The van der Waals surface area contributed by atoms with Gasteiger partial charge in [0.1, 0.15) is 11.8 Å². The lowest BCUT2D eigenvalue weighted by Crippen LogP contribution is -2.35. The Labute approximate surface area is 82.4 Å². The number of carbonyl (C=O) groups is 1. The zero-order chi connectivity index (χ0) is 10.7. The average Bonchev–Trinajstić information content (AvgIpc) is 2.50. The molecule has 78 valence electrons. The van der Waals surface area contributed by atoms with Gasteiger partial charge < -0.3 is 9.52 Å². The SMILES string of the molecule is Cc1ocnc1CN(C)C(C)C(=O)O. The number of nitrogens with zero attached hydrogens (tertiary/aromatic N) is 2. The number of rotatable bonds is 4. The largest absolute Gasteiger partial charge is 0.480 e. The third-order valence-electron chi connectivity index (χ3n) is 2.26. The number of carboxylic acid groups (broad SMARTS) is 1. The first-order valence-corrected chi connectivity index (χ1v) is 4.34. The Kier molecular flexibility index (Phi) is 3.24. The Morgan fingerprint density at radius 3 is 2.86 bits per heavy atom. The van der Waals surface area contributed by atoms with Gasteiger partial charge in [-0.15, -0.1) is 0 Å². The molecule has 1 rings (SSSR count). The topological polar surface area (TPSA) is 66.6 Å². The minimum absolute atomic E-state index is 0.482. The first kappa shape index (κ1) is 10.7. The van der Waals surface area contributed by atoms with Crippen LogP contribution in [0.2, 0.25) is 0 Å². The minimum atomic E-state index is -0.839. The number of oxazole rings is 1. The number of hydrogen-bond acceptors (Lipinski definition) is 4. The van der Waals surface area contributed by atoms with Crippen molar-refractivity contribution in [1.82, 2.24) is 9.88 Å². The Balaban J connectivity index is 2.61. The smallest absolute Gasteiger partial charge is 0.320 e. The number of aliphatic carboxylic acids is 1. The molecule has 1 atom stereocenters. The van der Waals surface area contributed by atoms with Gasteiger partial charge >= 0.3 is 5.97 Å². The van der Waals surface area contributed by atoms with Crippen molar-refractivity contribution in [3.8, 4) is 0 Å². The molecule has 0 fully saturated rings. The van der Waals surface area contributed by atoms with Crippen LogP contribution in [-0.2, 0) is 11.3 Å². The highest BCUT2D eigenvalue weighted by atomic mass is 16.4. The van der Waals surface area contributed by atoms with Gasteiger partial charge in [-0.05, 0) is 20.9 Å². The molecule has 5 nitrogen and oxygen atoms in total. The molecule has 0 aliphatic heterocycles. The van der Waals surface area contributed by atoms with Gasteiger partial charge in [-0.3, -0.25) is 9.69 Å². The van der Waals surface area contributed by atoms with E-state index in [0.717, 1.165) is 11.5 Å². The number of aromatic nitrogens is 1. The number of aryl methyl sites for hydroxylation is 1. The number of likely N-dealkylation sites (N-methyl/N-ethyl adjacent to an activating group) is 1. The Morgan fingerprint density at radius 2 is 2.43 bits per heavy atom. The summed E-state index contributed by atoms with van der Waals surface area (Å²) in [5.41, 5.74) is 0.778. The average molecular weight is 198 g/mol. The van der Waals surface area contributed by atoms with E-state index in [9.17, 15) is 4.79 Å². The van der Waals surface area contributed by atoms with Crippen molar-refractivity contribution in [2.24, 2.45) is 0 Å². The second-order valence-corrected chi connectivity index (χ2v) is 3.28. The molecular weight excluding hydrogens is 184 g/mol. The van der Waals surface area contributed by atoms with E-state index >= 15 is 0 Å². The van der Waals surface area contributed by atoms with Gasteiger partial charge in [0.2, 0.25) is 0 Å². The first-order chi connectivity index (χ1) is 6.52. The van der Waals surface area contributed by atoms with Crippen molar-refractivity contribution >= 4 is 5.97 Å². The quantitative estimate of drug-likeness (QED) is 0.778. The predicted octanol–water partition coefficient (Wildman–Crippen LogP) is 0.888. The van der Waals surface area contributed by atoms with Crippen molar-refractivity contribution < 1.29 is 14.3 Å². The van der Waals surface area contributed by atoms with E-state index in [1.807, 2.05) is 6.92 Å². The van der Waals surface area contributed by atoms with Crippen molar-refractivity contribution in [3.05, 3.63) is 17.8 Å². The van der Waals surface area contributed by atoms with E-state index in [4.69, 9.17) is 9.52 Å². The van der Waals surface area contributed by atoms with Crippen molar-refractivity contribution in [3.63, 3.8) is 0 Å². The van der Waals surface area contributed by atoms with Gasteiger partial charge in [0.15, 0.2) is 6.39 Å². The molecule has 1 aromatic rings. The Bertz CT molecular complexity index is 322. The maximum Gasteiger partial charge on any atom is 0.320 e. The molecule has 0 bridgehead atoms. The highest BCUT2D eigenvalue weighted by Gasteiger charge is 2.18. The lowest BCUT2D eigenvalue weighted by atomic mass is 10.2. The monoisotopic (exact) mass is 198 g/mol. The molecule has 0 saturated heterocycles. The zero-order valence-corrected chi connectivity index (χ0v) is 8.52. The normalized spacial score (nSPS) is 13.1. The molecule has 0 spiro atoms. The molecular formula is C9H14N2O3. The van der Waals surface area contributed by atoms with E-state index in [-0.39, 0.29) is 0 Å². The Hall–Kier alpha value is -1.36. The van der Waals surface area contributed by atoms with E-state index in [1.54, 1.807) is 18.9 Å². The summed E-state index contributed by atoms with van der Waals surface area (Å²) < 4.78 is 5.02. The fourth-order valence-electron chi connectivity index (χ4n) is 1.04. The summed E-state index contributed by atoms with van der Waals surface area (Å²) in [5, 5.41) is 8.76. The third kappa shape index (κ3) is 2.32. The molecule has 0 radical (unpaired) electrons. The minimum Gasteiger partial charge on any atom is -0.480 e. The molecule has 14 heavy (non-hydrogen) atoms. The van der Waals surface area contributed by atoms with Gasteiger partial charge in [-0.25, -0.2) is 4.98 Å². The van der Waals surface area contributed by atoms with Gasteiger partial charge in [-0.1, -0.05) is 0 Å². The van der Waals surface area contributed by atoms with Crippen LogP contribution in [0.1, 0.15) is 18.4 Å². The molecule has 1 heterocycles. The van der Waals surface area contributed by atoms with E-state index in [0.29, 0.717) is 6.54 Å². The van der Waals surface area contributed by atoms with Crippen LogP contribution in [-0.4, -0.2) is 34.0 Å². The molecule has 0 saturated carbocycles. The van der Waals surface area contributed by atoms with Crippen molar-refractivity contribution in [2.75, 3.05) is 7.05 Å². The van der Waals surface area contributed by atoms with Crippen LogP contribution in [0.3, 0.4) is 0 Å². The van der Waals surface area contributed by atoms with Gasteiger partial charge in [0, 0.05) is 6.54 Å². The first-order valence-electron chi connectivity index (χ1n) is 4.34. The molecule has 0 aliphatic rings. The van der Waals surface area contributed by atoms with Crippen LogP contribution in [0.25, 0.3) is 0 Å². The van der Waals surface area contributed by atoms with Crippen molar-refractivity contribution in [1.29, 1.82) is 0 Å². The molecule has 0 aromatic carbocycles. The van der Waals surface area contributed by atoms with Gasteiger partial charge in [0.25, 0.3) is 0 Å². The number of hydrogen-bond donors (Lipinski definition) is 1. The second kappa shape index (κ2) is 4.23. The summed E-state index contributed by atoms with van der Waals surface area (Å²) in [5.74, 6) is -0.108. The summed E-state index contributed by atoms with van der Waals surface area (Å²) in [7, 11) is 1.74. The lowest BCUT2D eigenvalue weighted by molar-refractivity contribution is -0.142. The lowest BCUT2D eigenvalue weighted by Gasteiger charge is -2.19. The van der Waals surface area contributed by atoms with Crippen LogP contribution in [0.15, 0.2) is 10.8 Å². The summed E-state index contributed by atoms with van der Waals surface area (Å²) >= 11 is 0. The highest BCUT2D eigenvalue weighted by Crippen LogP contribution is 2.09. The predicted molar refractivity (Wildman–Crippen MR) is 49.8 cm³/mol. The summed E-state index contributed by atoms with van der Waals surface area (Å²) in [6.07, 6.45) is 1.37. The van der Waals surface area contributed by atoms with Gasteiger partial charge in [0.05, 0.1) is 5.69 Å². The second-order valence-electron chi connectivity index (χ2n) is 3.28. The summed E-state index contributed by atoms with van der Waals surface area (Å²) in [4.78, 5) is 16.4. The fourth-order valence-corrected chi connectivity index (χ4v) is 1.04. The molecule has 1 unspecified atom stereocenters. The van der Waals surface area contributed by atoms with E-state index in [1.165, 1.54) is 6.39 Å². The standard InChI is InChI=1S/C9H14N2O3/c1-6(9(12)13)11(3)4-8-7(2)14-5-10-8/h5-6H,4H2,1-3H3,(H,12,13). The summed E-state index contributed by atoms with van der Waals surface area (Å²) in [6.45, 7) is 3.93. The van der Waals surface area contributed by atoms with Gasteiger partial charge in [-0.2, -0.15) is 0 Å². The molecule has 1 N–H and O–H groups in total. The molecule has 0 aliphatic carbocycles. The molecule has 0 amide bonds. The Morgan fingerprint density at radius 1 is 1.79 bits per heavy atom. The maximum absolute atomic E-state index is 10.7. The van der Waals surface area contributed by atoms with Crippen LogP contribution in [0, 0.1) is 6.92 Å². The molecule has 5 heteroatoms. The molecule has 1 aromatic heterocycles. The van der Waals surface area contributed by atoms with E-state index in [2.05, 4.69) is 4.98 Å². The fraction of sp³-hybridized carbons (Fsp3) is 0.556. The zero-order valence-electron chi connectivity index (χ0n) is 8.52.